The number of rotatable bonds is 6. The number of nitrogens with one attached hydrogen (secondary N) is 2. The Labute approximate surface area is 114 Å². The van der Waals surface area contributed by atoms with E-state index >= 15 is 0 Å². The molecular formula is C12H19ClN2O2S. The normalized spacial score (nSPS) is 12.7. The molecule has 0 amide bonds. The summed E-state index contributed by atoms with van der Waals surface area (Å²) in [6, 6.07) is 7.56. The van der Waals surface area contributed by atoms with Crippen LogP contribution >= 0.6 is 11.6 Å². The Morgan fingerprint density at radius 1 is 1.33 bits per heavy atom. The summed E-state index contributed by atoms with van der Waals surface area (Å²) in [6.07, 6.45) is 1.16. The smallest absolute Gasteiger partial charge is 0.209 e. The van der Waals surface area contributed by atoms with E-state index in [1.807, 2.05) is 38.1 Å². The van der Waals surface area contributed by atoms with E-state index in [0.29, 0.717) is 18.1 Å². The molecule has 18 heavy (non-hydrogen) atoms. The minimum absolute atomic E-state index is 0.522. The molecule has 0 radical (unpaired) electrons. The first kappa shape index (κ1) is 15.4. The standard InChI is InChI=1S/C12H19ClN2O2S/c1-12(2,15-18(3,16)17)9-14-8-10-5-4-6-11(13)7-10/h4-7,14-15H,8-9H2,1-3H3. The lowest BCUT2D eigenvalue weighted by Gasteiger charge is -2.25. The summed E-state index contributed by atoms with van der Waals surface area (Å²) in [5.41, 5.74) is 0.546. The van der Waals surface area contributed by atoms with Gasteiger partial charge in [-0.3, -0.25) is 0 Å². The fourth-order valence-corrected chi connectivity index (χ4v) is 2.99. The van der Waals surface area contributed by atoms with Gasteiger partial charge in [-0.1, -0.05) is 23.7 Å². The number of hydrogen-bond donors (Lipinski definition) is 2. The maximum Gasteiger partial charge on any atom is 0.209 e. The monoisotopic (exact) mass is 290 g/mol. The minimum atomic E-state index is -3.19. The van der Waals surface area contributed by atoms with Crippen molar-refractivity contribution in [3.8, 4) is 0 Å². The molecule has 0 aliphatic heterocycles. The second-order valence-electron chi connectivity index (χ2n) is 4.99. The van der Waals surface area contributed by atoms with Crippen molar-refractivity contribution in [2.24, 2.45) is 0 Å². The van der Waals surface area contributed by atoms with Gasteiger partial charge in [-0.25, -0.2) is 13.1 Å². The highest BCUT2D eigenvalue weighted by atomic mass is 35.5. The average molecular weight is 291 g/mol. The highest BCUT2D eigenvalue weighted by molar-refractivity contribution is 7.88. The summed E-state index contributed by atoms with van der Waals surface area (Å²) < 4.78 is 24.9. The molecule has 0 atom stereocenters. The number of sulfonamides is 1. The molecule has 0 aliphatic carbocycles. The highest BCUT2D eigenvalue weighted by Gasteiger charge is 2.21. The van der Waals surface area contributed by atoms with Crippen molar-refractivity contribution < 1.29 is 8.42 Å². The fourth-order valence-electron chi connectivity index (χ4n) is 1.70. The molecule has 6 heteroatoms. The van der Waals surface area contributed by atoms with Crippen molar-refractivity contribution >= 4 is 21.6 Å². The first-order valence-corrected chi connectivity index (χ1v) is 7.89. The lowest BCUT2D eigenvalue weighted by Crippen LogP contribution is -2.49. The van der Waals surface area contributed by atoms with Crippen LogP contribution in [0.5, 0.6) is 0 Å². The van der Waals surface area contributed by atoms with Crippen molar-refractivity contribution in [3.63, 3.8) is 0 Å². The van der Waals surface area contributed by atoms with Crippen molar-refractivity contribution in [1.29, 1.82) is 0 Å². The molecule has 0 heterocycles. The summed E-state index contributed by atoms with van der Waals surface area (Å²) in [7, 11) is -3.19. The summed E-state index contributed by atoms with van der Waals surface area (Å²) >= 11 is 5.88. The van der Waals surface area contributed by atoms with Crippen LogP contribution in [0, 0.1) is 0 Å². The molecule has 0 saturated carbocycles. The van der Waals surface area contributed by atoms with Crippen LogP contribution in [0.25, 0.3) is 0 Å². The van der Waals surface area contributed by atoms with E-state index in [4.69, 9.17) is 11.6 Å². The number of halogens is 1. The Hall–Kier alpha value is -0.620. The van der Waals surface area contributed by atoms with Crippen LogP contribution in [0.2, 0.25) is 5.02 Å². The first-order chi connectivity index (χ1) is 8.18. The van der Waals surface area contributed by atoms with Gasteiger partial charge in [0.25, 0.3) is 0 Å². The van der Waals surface area contributed by atoms with Crippen LogP contribution in [0.4, 0.5) is 0 Å². The highest BCUT2D eigenvalue weighted by Crippen LogP contribution is 2.10. The Bertz CT molecular complexity index is 501. The zero-order chi connectivity index (χ0) is 13.8. The van der Waals surface area contributed by atoms with Gasteiger partial charge in [0, 0.05) is 23.7 Å². The van der Waals surface area contributed by atoms with Gasteiger partial charge in [-0.2, -0.15) is 0 Å². The molecule has 0 aliphatic rings. The Balaban J connectivity index is 2.46. The Morgan fingerprint density at radius 3 is 2.56 bits per heavy atom. The van der Waals surface area contributed by atoms with Crippen LogP contribution in [-0.2, 0) is 16.6 Å². The van der Waals surface area contributed by atoms with E-state index in [1.165, 1.54) is 0 Å². The Kier molecular flexibility index (Phi) is 5.16. The summed E-state index contributed by atoms with van der Waals surface area (Å²) in [6.45, 7) is 4.85. The summed E-state index contributed by atoms with van der Waals surface area (Å²) in [4.78, 5) is 0. The van der Waals surface area contributed by atoms with E-state index in [1.54, 1.807) is 0 Å². The molecule has 0 aromatic heterocycles. The third-order valence-corrected chi connectivity index (χ3v) is 3.41. The molecule has 0 bridgehead atoms. The maximum atomic E-state index is 11.2. The van der Waals surface area contributed by atoms with Crippen LogP contribution in [0.1, 0.15) is 19.4 Å². The van der Waals surface area contributed by atoms with E-state index in [9.17, 15) is 8.42 Å². The average Bonchev–Trinajstić information content (AvgIpc) is 2.13. The molecule has 0 spiro atoms. The molecule has 102 valence electrons. The van der Waals surface area contributed by atoms with Gasteiger partial charge in [0.05, 0.1) is 6.26 Å². The van der Waals surface area contributed by atoms with E-state index in [2.05, 4.69) is 10.0 Å². The lowest BCUT2D eigenvalue weighted by atomic mass is 10.1. The van der Waals surface area contributed by atoms with Gasteiger partial charge >= 0.3 is 0 Å². The van der Waals surface area contributed by atoms with E-state index in [-0.39, 0.29) is 0 Å². The maximum absolute atomic E-state index is 11.2. The van der Waals surface area contributed by atoms with Crippen molar-refractivity contribution in [2.75, 3.05) is 12.8 Å². The topological polar surface area (TPSA) is 58.2 Å². The third kappa shape index (κ3) is 6.35. The molecule has 1 aromatic rings. The van der Waals surface area contributed by atoms with Gasteiger partial charge in [-0.15, -0.1) is 0 Å². The first-order valence-electron chi connectivity index (χ1n) is 5.62. The van der Waals surface area contributed by atoms with Gasteiger partial charge in [0.1, 0.15) is 0 Å². The van der Waals surface area contributed by atoms with Crippen LogP contribution < -0.4 is 10.0 Å². The molecule has 2 N–H and O–H groups in total. The Morgan fingerprint density at radius 2 is 2.00 bits per heavy atom. The molecule has 1 rings (SSSR count). The molecule has 0 unspecified atom stereocenters. The predicted molar refractivity (Wildman–Crippen MR) is 75.2 cm³/mol. The van der Waals surface area contributed by atoms with Gasteiger partial charge in [-0.05, 0) is 31.5 Å². The van der Waals surface area contributed by atoms with E-state index in [0.717, 1.165) is 11.8 Å². The van der Waals surface area contributed by atoms with Crippen LogP contribution in [-0.4, -0.2) is 26.8 Å². The molecule has 4 nitrogen and oxygen atoms in total. The van der Waals surface area contributed by atoms with Crippen molar-refractivity contribution in [1.82, 2.24) is 10.0 Å². The molecular weight excluding hydrogens is 272 g/mol. The SMILES string of the molecule is CC(C)(CNCc1cccc(Cl)c1)NS(C)(=O)=O. The van der Waals surface area contributed by atoms with Crippen molar-refractivity contribution in [2.45, 2.75) is 25.9 Å². The molecule has 1 aromatic carbocycles. The van der Waals surface area contributed by atoms with Gasteiger partial charge < -0.3 is 5.32 Å². The van der Waals surface area contributed by atoms with Gasteiger partial charge in [0.15, 0.2) is 0 Å². The number of hydrogen-bond acceptors (Lipinski definition) is 3. The number of benzene rings is 1. The molecule has 0 saturated heterocycles. The second-order valence-corrected chi connectivity index (χ2v) is 7.18. The van der Waals surface area contributed by atoms with Gasteiger partial charge in [0.2, 0.25) is 10.0 Å². The van der Waals surface area contributed by atoms with Crippen LogP contribution in [0.15, 0.2) is 24.3 Å². The summed E-state index contributed by atoms with van der Waals surface area (Å²) in [5, 5.41) is 3.90. The zero-order valence-electron chi connectivity index (χ0n) is 10.8. The van der Waals surface area contributed by atoms with E-state index < -0.39 is 15.6 Å². The fraction of sp³-hybridized carbons (Fsp3) is 0.500. The zero-order valence-corrected chi connectivity index (χ0v) is 12.4. The summed E-state index contributed by atoms with van der Waals surface area (Å²) in [5.74, 6) is 0. The minimum Gasteiger partial charge on any atom is -0.311 e. The van der Waals surface area contributed by atoms with Crippen LogP contribution in [0.3, 0.4) is 0 Å². The largest absolute Gasteiger partial charge is 0.311 e. The predicted octanol–water partition coefficient (Wildman–Crippen LogP) is 1.76. The van der Waals surface area contributed by atoms with Crippen molar-refractivity contribution in [3.05, 3.63) is 34.9 Å². The lowest BCUT2D eigenvalue weighted by molar-refractivity contribution is 0.421. The third-order valence-electron chi connectivity index (χ3n) is 2.25. The second kappa shape index (κ2) is 6.02. The molecule has 0 fully saturated rings. The quantitative estimate of drug-likeness (QED) is 0.839.